The molecular formula is C24H28Cl2N2O2. The number of halogens is 2. The molecule has 160 valence electrons. The van der Waals surface area contributed by atoms with Gasteiger partial charge in [0.05, 0.1) is 6.42 Å². The molecule has 0 spiro atoms. The van der Waals surface area contributed by atoms with Gasteiger partial charge in [0.25, 0.3) is 0 Å². The van der Waals surface area contributed by atoms with Gasteiger partial charge in [0.15, 0.2) is 0 Å². The molecule has 30 heavy (non-hydrogen) atoms. The number of hydrogen-bond acceptors (Lipinski definition) is 2. The van der Waals surface area contributed by atoms with E-state index in [2.05, 4.69) is 5.32 Å². The Kier molecular flexibility index (Phi) is 7.79. The molecule has 4 nitrogen and oxygen atoms in total. The van der Waals surface area contributed by atoms with Crippen LogP contribution in [0.15, 0.2) is 42.5 Å². The minimum absolute atomic E-state index is 0.106. The zero-order chi connectivity index (χ0) is 21.7. The molecule has 2 aromatic carbocycles. The molecule has 1 N–H and O–H groups in total. The van der Waals surface area contributed by atoms with Crippen LogP contribution in [0, 0.1) is 6.92 Å². The minimum Gasteiger partial charge on any atom is -0.352 e. The third kappa shape index (κ3) is 5.99. The van der Waals surface area contributed by atoms with Gasteiger partial charge in [0.2, 0.25) is 11.8 Å². The topological polar surface area (TPSA) is 49.4 Å². The van der Waals surface area contributed by atoms with Crippen LogP contribution in [0.3, 0.4) is 0 Å². The Morgan fingerprint density at radius 1 is 1.13 bits per heavy atom. The molecule has 6 heteroatoms. The summed E-state index contributed by atoms with van der Waals surface area (Å²) in [6.07, 6.45) is 4.40. The molecular weight excluding hydrogens is 419 g/mol. The second-order valence-corrected chi connectivity index (χ2v) is 8.93. The van der Waals surface area contributed by atoms with Crippen molar-refractivity contribution in [3.05, 3.63) is 69.2 Å². The number of carbonyl (C=O) groups excluding carboxylic acids is 2. The van der Waals surface area contributed by atoms with Crippen molar-refractivity contribution in [1.29, 1.82) is 0 Å². The number of rotatable bonds is 7. The average Bonchev–Trinajstić information content (AvgIpc) is 3.20. The molecule has 0 aromatic heterocycles. The quantitative estimate of drug-likeness (QED) is 0.625. The second kappa shape index (κ2) is 10.3. The molecule has 1 aliphatic carbocycles. The van der Waals surface area contributed by atoms with E-state index < -0.39 is 6.04 Å². The first-order valence-electron chi connectivity index (χ1n) is 10.4. The van der Waals surface area contributed by atoms with Crippen LogP contribution >= 0.6 is 23.2 Å². The summed E-state index contributed by atoms with van der Waals surface area (Å²) < 4.78 is 0. The number of aryl methyl sites for hydroxylation is 1. The average molecular weight is 447 g/mol. The SMILES string of the molecule is Cc1cccc(CN(C(=O)Cc2ccc(Cl)cc2Cl)[C@H](C)C(=O)NC2CCCC2)c1. The first-order valence-corrected chi connectivity index (χ1v) is 11.2. The molecule has 0 bridgehead atoms. The summed E-state index contributed by atoms with van der Waals surface area (Å²) in [7, 11) is 0. The Morgan fingerprint density at radius 3 is 2.53 bits per heavy atom. The number of hydrogen-bond donors (Lipinski definition) is 1. The maximum Gasteiger partial charge on any atom is 0.242 e. The Hall–Kier alpha value is -2.04. The van der Waals surface area contributed by atoms with E-state index in [1.54, 1.807) is 30.0 Å². The number of amides is 2. The fourth-order valence-electron chi connectivity index (χ4n) is 3.91. The Morgan fingerprint density at radius 2 is 1.87 bits per heavy atom. The lowest BCUT2D eigenvalue weighted by Gasteiger charge is -2.30. The Labute approximate surface area is 188 Å². The molecule has 0 unspecified atom stereocenters. The standard InChI is InChI=1S/C24H28Cl2N2O2/c1-16-6-5-7-18(12-16)15-28(17(2)24(30)27-21-8-3-4-9-21)23(29)13-19-10-11-20(25)14-22(19)26/h5-7,10-12,14,17,21H,3-4,8-9,13,15H2,1-2H3,(H,27,30)/t17-/m1/s1. The molecule has 2 aromatic rings. The van der Waals surface area contributed by atoms with Crippen molar-refractivity contribution >= 4 is 35.0 Å². The number of benzene rings is 2. The molecule has 0 aliphatic heterocycles. The highest BCUT2D eigenvalue weighted by Gasteiger charge is 2.28. The predicted molar refractivity (Wildman–Crippen MR) is 122 cm³/mol. The molecule has 1 fully saturated rings. The number of nitrogens with zero attached hydrogens (tertiary/aromatic N) is 1. The first-order chi connectivity index (χ1) is 14.3. The lowest BCUT2D eigenvalue weighted by atomic mass is 10.1. The zero-order valence-corrected chi connectivity index (χ0v) is 19.0. The molecule has 1 saturated carbocycles. The minimum atomic E-state index is -0.579. The zero-order valence-electron chi connectivity index (χ0n) is 17.5. The summed E-state index contributed by atoms with van der Waals surface area (Å²) >= 11 is 12.3. The van der Waals surface area contributed by atoms with Crippen LogP contribution in [-0.2, 0) is 22.6 Å². The monoisotopic (exact) mass is 446 g/mol. The Bertz CT molecular complexity index is 910. The van der Waals surface area contributed by atoms with Crippen LogP contribution in [0.4, 0.5) is 0 Å². The van der Waals surface area contributed by atoms with Crippen molar-refractivity contribution in [1.82, 2.24) is 10.2 Å². The van der Waals surface area contributed by atoms with Crippen LogP contribution in [0.1, 0.15) is 49.3 Å². The van der Waals surface area contributed by atoms with Crippen molar-refractivity contribution in [3.63, 3.8) is 0 Å². The summed E-state index contributed by atoms with van der Waals surface area (Å²) in [6.45, 7) is 4.17. The predicted octanol–water partition coefficient (Wildman–Crippen LogP) is 5.32. The van der Waals surface area contributed by atoms with Crippen LogP contribution in [0.5, 0.6) is 0 Å². The largest absolute Gasteiger partial charge is 0.352 e. The van der Waals surface area contributed by atoms with Crippen molar-refractivity contribution in [2.24, 2.45) is 0 Å². The number of nitrogens with one attached hydrogen (secondary N) is 1. The molecule has 1 atom stereocenters. The first kappa shape index (κ1) is 22.6. The fraction of sp³-hybridized carbons (Fsp3) is 0.417. The van der Waals surface area contributed by atoms with E-state index in [0.717, 1.165) is 36.8 Å². The van der Waals surface area contributed by atoms with Gasteiger partial charge >= 0.3 is 0 Å². The summed E-state index contributed by atoms with van der Waals surface area (Å²) in [5.74, 6) is -0.250. The normalized spacial score (nSPS) is 15.1. The van der Waals surface area contributed by atoms with Gasteiger partial charge in [-0.05, 0) is 49.9 Å². The van der Waals surface area contributed by atoms with E-state index in [4.69, 9.17) is 23.2 Å². The van der Waals surface area contributed by atoms with Crippen molar-refractivity contribution in [3.8, 4) is 0 Å². The van der Waals surface area contributed by atoms with Gasteiger partial charge in [-0.1, -0.05) is 71.9 Å². The maximum atomic E-state index is 13.3. The van der Waals surface area contributed by atoms with E-state index in [1.807, 2.05) is 31.2 Å². The molecule has 0 radical (unpaired) electrons. The van der Waals surface area contributed by atoms with Gasteiger partial charge in [-0.3, -0.25) is 9.59 Å². The van der Waals surface area contributed by atoms with E-state index >= 15 is 0 Å². The highest BCUT2D eigenvalue weighted by molar-refractivity contribution is 6.35. The van der Waals surface area contributed by atoms with Gasteiger partial charge in [-0.2, -0.15) is 0 Å². The lowest BCUT2D eigenvalue weighted by Crippen LogP contribution is -2.50. The summed E-state index contributed by atoms with van der Waals surface area (Å²) in [6, 6.07) is 12.7. The van der Waals surface area contributed by atoms with E-state index in [9.17, 15) is 9.59 Å². The third-order valence-corrected chi connectivity index (χ3v) is 6.25. The number of carbonyl (C=O) groups is 2. The van der Waals surface area contributed by atoms with Crippen LogP contribution in [0.2, 0.25) is 10.0 Å². The van der Waals surface area contributed by atoms with Crippen LogP contribution in [0.25, 0.3) is 0 Å². The van der Waals surface area contributed by atoms with Gasteiger partial charge < -0.3 is 10.2 Å². The van der Waals surface area contributed by atoms with E-state index in [-0.39, 0.29) is 24.3 Å². The summed E-state index contributed by atoms with van der Waals surface area (Å²) in [4.78, 5) is 27.8. The smallest absolute Gasteiger partial charge is 0.242 e. The summed E-state index contributed by atoms with van der Waals surface area (Å²) in [5, 5.41) is 4.10. The van der Waals surface area contributed by atoms with Gasteiger partial charge in [0, 0.05) is 22.6 Å². The van der Waals surface area contributed by atoms with Gasteiger partial charge in [-0.25, -0.2) is 0 Å². The highest BCUT2D eigenvalue weighted by atomic mass is 35.5. The molecule has 0 saturated heterocycles. The fourth-order valence-corrected chi connectivity index (χ4v) is 4.39. The third-order valence-electron chi connectivity index (χ3n) is 5.66. The molecule has 1 aliphatic rings. The molecule has 2 amide bonds. The Balaban J connectivity index is 1.79. The molecule has 0 heterocycles. The van der Waals surface area contributed by atoms with Crippen molar-refractivity contribution in [2.75, 3.05) is 0 Å². The lowest BCUT2D eigenvalue weighted by molar-refractivity contribution is -0.140. The van der Waals surface area contributed by atoms with Crippen LogP contribution in [-0.4, -0.2) is 28.8 Å². The van der Waals surface area contributed by atoms with E-state index in [1.165, 1.54) is 0 Å². The van der Waals surface area contributed by atoms with Gasteiger partial charge in [0.1, 0.15) is 6.04 Å². The van der Waals surface area contributed by atoms with Crippen LogP contribution < -0.4 is 5.32 Å². The van der Waals surface area contributed by atoms with E-state index in [0.29, 0.717) is 22.2 Å². The second-order valence-electron chi connectivity index (χ2n) is 8.09. The highest BCUT2D eigenvalue weighted by Crippen LogP contribution is 2.23. The maximum absolute atomic E-state index is 13.3. The van der Waals surface area contributed by atoms with Gasteiger partial charge in [-0.15, -0.1) is 0 Å². The molecule has 3 rings (SSSR count). The summed E-state index contributed by atoms with van der Waals surface area (Å²) in [5.41, 5.74) is 2.80. The van der Waals surface area contributed by atoms with Crippen molar-refractivity contribution in [2.45, 2.75) is 64.6 Å². The van der Waals surface area contributed by atoms with Crippen molar-refractivity contribution < 1.29 is 9.59 Å².